The third kappa shape index (κ3) is 9.19. The summed E-state index contributed by atoms with van der Waals surface area (Å²) in [5.41, 5.74) is 0. The first-order valence-electron chi connectivity index (χ1n) is 6.91. The number of carboxylic acid groups (broad SMARTS) is 1. The lowest BCUT2D eigenvalue weighted by molar-refractivity contribution is -0.137. The van der Waals surface area contributed by atoms with E-state index in [0.29, 0.717) is 6.54 Å². The second kappa shape index (κ2) is 11.2. The second-order valence-corrected chi connectivity index (χ2v) is 4.47. The molecule has 1 N–H and O–H groups in total. The lowest BCUT2D eigenvalue weighted by atomic mass is 10.2. The van der Waals surface area contributed by atoms with E-state index in [4.69, 9.17) is 5.11 Å². The summed E-state index contributed by atoms with van der Waals surface area (Å²) in [7, 11) is 0. The molecular weight excluding hydrogens is 228 g/mol. The number of rotatable bonds is 12. The van der Waals surface area contributed by atoms with Gasteiger partial charge in [0.05, 0.1) is 6.42 Å². The Hall–Kier alpha value is -0.870. The molecule has 0 radical (unpaired) electrons. The lowest BCUT2D eigenvalue weighted by Gasteiger charge is -2.21. The van der Waals surface area contributed by atoms with E-state index >= 15 is 0 Å². The van der Waals surface area contributed by atoms with Crippen LogP contribution in [0.3, 0.4) is 0 Å². The fourth-order valence-corrected chi connectivity index (χ4v) is 1.94. The van der Waals surface area contributed by atoms with Gasteiger partial charge < -0.3 is 10.0 Å². The average Bonchev–Trinajstić information content (AvgIpc) is 2.35. The molecule has 0 aromatic heterocycles. The van der Waals surface area contributed by atoms with Crippen LogP contribution in [0.2, 0.25) is 0 Å². The van der Waals surface area contributed by atoms with Crippen LogP contribution >= 0.6 is 0 Å². The minimum absolute atomic E-state index is 0.212. The molecule has 0 atom stereocenters. The number of carboxylic acids is 1. The SMILES string of the molecule is C=CCN(CCCCN(CC)CC)CCC(=O)O. The van der Waals surface area contributed by atoms with Gasteiger partial charge in [0, 0.05) is 13.1 Å². The van der Waals surface area contributed by atoms with Gasteiger partial charge in [-0.3, -0.25) is 9.69 Å². The van der Waals surface area contributed by atoms with Crippen molar-refractivity contribution < 1.29 is 9.90 Å². The molecule has 0 aliphatic heterocycles. The summed E-state index contributed by atoms with van der Waals surface area (Å²) in [5, 5.41) is 8.68. The summed E-state index contributed by atoms with van der Waals surface area (Å²) in [5.74, 6) is -0.729. The standard InChI is InChI=1S/C14H28N2O2/c1-4-10-16(13-9-14(17)18)12-8-7-11-15(5-2)6-3/h4H,1,5-13H2,2-3H3,(H,17,18). The lowest BCUT2D eigenvalue weighted by Crippen LogP contribution is -2.29. The molecule has 0 aliphatic rings. The number of carbonyl (C=O) groups is 1. The molecular formula is C14H28N2O2. The van der Waals surface area contributed by atoms with Crippen molar-refractivity contribution in [2.45, 2.75) is 33.1 Å². The Labute approximate surface area is 111 Å². The first-order valence-corrected chi connectivity index (χ1v) is 6.91. The van der Waals surface area contributed by atoms with Crippen molar-refractivity contribution >= 4 is 5.97 Å². The fourth-order valence-electron chi connectivity index (χ4n) is 1.94. The molecule has 0 spiro atoms. The molecule has 0 amide bonds. The normalized spacial score (nSPS) is 11.1. The predicted octanol–water partition coefficient (Wildman–Crippen LogP) is 2.07. The van der Waals surface area contributed by atoms with Crippen LogP contribution < -0.4 is 0 Å². The molecule has 0 rings (SSSR count). The van der Waals surface area contributed by atoms with Gasteiger partial charge in [0.1, 0.15) is 0 Å². The highest BCUT2D eigenvalue weighted by molar-refractivity contribution is 5.66. The zero-order valence-electron chi connectivity index (χ0n) is 11.9. The van der Waals surface area contributed by atoms with E-state index in [2.05, 4.69) is 30.2 Å². The molecule has 0 saturated carbocycles. The van der Waals surface area contributed by atoms with Crippen molar-refractivity contribution in [2.75, 3.05) is 39.3 Å². The molecule has 0 aliphatic carbocycles. The number of hydrogen-bond donors (Lipinski definition) is 1. The third-order valence-electron chi connectivity index (χ3n) is 3.12. The maximum absolute atomic E-state index is 10.5. The van der Waals surface area contributed by atoms with Crippen molar-refractivity contribution in [1.82, 2.24) is 9.80 Å². The van der Waals surface area contributed by atoms with Gasteiger partial charge in [0.2, 0.25) is 0 Å². The van der Waals surface area contributed by atoms with Crippen LogP contribution in [-0.2, 0) is 4.79 Å². The van der Waals surface area contributed by atoms with Crippen molar-refractivity contribution in [3.8, 4) is 0 Å². The summed E-state index contributed by atoms with van der Waals surface area (Å²) < 4.78 is 0. The molecule has 4 heteroatoms. The molecule has 0 saturated heterocycles. The summed E-state index contributed by atoms with van der Waals surface area (Å²) in [6.45, 7) is 13.8. The van der Waals surface area contributed by atoms with E-state index in [9.17, 15) is 4.79 Å². The Morgan fingerprint density at radius 3 is 2.11 bits per heavy atom. The molecule has 0 aromatic carbocycles. The molecule has 4 nitrogen and oxygen atoms in total. The first kappa shape index (κ1) is 17.1. The number of hydrogen-bond acceptors (Lipinski definition) is 3. The largest absolute Gasteiger partial charge is 0.481 e. The van der Waals surface area contributed by atoms with E-state index in [-0.39, 0.29) is 6.42 Å². The molecule has 0 heterocycles. The van der Waals surface area contributed by atoms with E-state index < -0.39 is 5.97 Å². The molecule has 0 unspecified atom stereocenters. The smallest absolute Gasteiger partial charge is 0.304 e. The Kier molecular flexibility index (Phi) is 10.7. The van der Waals surface area contributed by atoms with Crippen molar-refractivity contribution in [3.05, 3.63) is 12.7 Å². The average molecular weight is 256 g/mol. The summed E-state index contributed by atoms with van der Waals surface area (Å²) in [6.07, 6.45) is 4.34. The first-order chi connectivity index (χ1) is 8.63. The van der Waals surface area contributed by atoms with Gasteiger partial charge in [-0.2, -0.15) is 0 Å². The summed E-state index contributed by atoms with van der Waals surface area (Å²) >= 11 is 0. The van der Waals surface area contributed by atoms with Crippen LogP contribution in [0, 0.1) is 0 Å². The molecule has 106 valence electrons. The maximum atomic E-state index is 10.5. The van der Waals surface area contributed by atoms with Crippen molar-refractivity contribution in [2.24, 2.45) is 0 Å². The van der Waals surface area contributed by atoms with Gasteiger partial charge in [0.25, 0.3) is 0 Å². The van der Waals surface area contributed by atoms with Crippen molar-refractivity contribution in [1.29, 1.82) is 0 Å². The van der Waals surface area contributed by atoms with Gasteiger partial charge >= 0.3 is 5.97 Å². The Morgan fingerprint density at radius 2 is 1.67 bits per heavy atom. The van der Waals surface area contributed by atoms with Crippen LogP contribution in [0.1, 0.15) is 33.1 Å². The van der Waals surface area contributed by atoms with E-state index in [1.165, 1.54) is 6.42 Å². The highest BCUT2D eigenvalue weighted by Crippen LogP contribution is 2.00. The van der Waals surface area contributed by atoms with Crippen molar-refractivity contribution in [3.63, 3.8) is 0 Å². The summed E-state index contributed by atoms with van der Waals surface area (Å²) in [4.78, 5) is 15.1. The third-order valence-corrected chi connectivity index (χ3v) is 3.12. The van der Waals surface area contributed by atoms with E-state index in [0.717, 1.165) is 39.1 Å². The number of unbranched alkanes of at least 4 members (excludes halogenated alkanes) is 1. The Morgan fingerprint density at radius 1 is 1.11 bits per heavy atom. The molecule has 0 bridgehead atoms. The zero-order chi connectivity index (χ0) is 13.8. The minimum Gasteiger partial charge on any atom is -0.481 e. The van der Waals surface area contributed by atoms with Crippen LogP contribution in [0.15, 0.2) is 12.7 Å². The van der Waals surface area contributed by atoms with Crippen LogP contribution in [-0.4, -0.2) is 60.1 Å². The second-order valence-electron chi connectivity index (χ2n) is 4.47. The van der Waals surface area contributed by atoms with Crippen LogP contribution in [0.5, 0.6) is 0 Å². The predicted molar refractivity (Wildman–Crippen MR) is 75.9 cm³/mol. The highest BCUT2D eigenvalue weighted by Gasteiger charge is 2.06. The topological polar surface area (TPSA) is 43.8 Å². The number of aliphatic carboxylic acids is 1. The van der Waals surface area contributed by atoms with Gasteiger partial charge in [-0.05, 0) is 39.0 Å². The monoisotopic (exact) mass is 256 g/mol. The zero-order valence-corrected chi connectivity index (χ0v) is 11.9. The number of nitrogens with zero attached hydrogens (tertiary/aromatic N) is 2. The summed E-state index contributed by atoms with van der Waals surface area (Å²) in [6, 6.07) is 0. The quantitative estimate of drug-likeness (QED) is 0.429. The minimum atomic E-state index is -0.729. The van der Waals surface area contributed by atoms with Gasteiger partial charge in [-0.15, -0.1) is 6.58 Å². The van der Waals surface area contributed by atoms with Gasteiger partial charge in [-0.1, -0.05) is 19.9 Å². The van der Waals surface area contributed by atoms with E-state index in [1.54, 1.807) is 0 Å². The highest BCUT2D eigenvalue weighted by atomic mass is 16.4. The Bertz CT molecular complexity index is 228. The fraction of sp³-hybridized carbons (Fsp3) is 0.786. The maximum Gasteiger partial charge on any atom is 0.304 e. The molecule has 0 aromatic rings. The molecule has 0 fully saturated rings. The van der Waals surface area contributed by atoms with Gasteiger partial charge in [0.15, 0.2) is 0 Å². The molecule has 18 heavy (non-hydrogen) atoms. The van der Waals surface area contributed by atoms with Crippen LogP contribution in [0.4, 0.5) is 0 Å². The Balaban J connectivity index is 3.75. The van der Waals surface area contributed by atoms with Crippen LogP contribution in [0.25, 0.3) is 0 Å². The van der Waals surface area contributed by atoms with E-state index in [1.807, 2.05) is 6.08 Å². The van der Waals surface area contributed by atoms with Gasteiger partial charge in [-0.25, -0.2) is 0 Å².